The van der Waals surface area contributed by atoms with Crippen LogP contribution in [0.1, 0.15) is 30.2 Å². The lowest BCUT2D eigenvalue weighted by Gasteiger charge is -2.13. The molecule has 0 saturated heterocycles. The number of alkyl halides is 3. The number of primary sulfonamides is 1. The topological polar surface area (TPSA) is 73.0 Å². The summed E-state index contributed by atoms with van der Waals surface area (Å²) in [5.41, 5.74) is 2.72. The maximum atomic E-state index is 12.6. The maximum Gasteiger partial charge on any atom is 0.433 e. The molecular weight excluding hydrogens is 365 g/mol. The fourth-order valence-corrected chi connectivity index (χ4v) is 3.93. The van der Waals surface area contributed by atoms with E-state index in [1.807, 2.05) is 18.2 Å². The Morgan fingerprint density at radius 3 is 2.38 bits per heavy atom. The quantitative estimate of drug-likeness (QED) is 0.876. The van der Waals surface area contributed by atoms with Gasteiger partial charge in [-0.3, -0.25) is 4.98 Å². The highest BCUT2D eigenvalue weighted by Gasteiger charge is 2.32. The minimum Gasteiger partial charge on any atom is -0.251 e. The van der Waals surface area contributed by atoms with Gasteiger partial charge in [0.15, 0.2) is 0 Å². The van der Waals surface area contributed by atoms with Crippen LogP contribution in [0.3, 0.4) is 0 Å². The Hall–Kier alpha value is -1.93. The van der Waals surface area contributed by atoms with Gasteiger partial charge in [-0.05, 0) is 54.9 Å². The number of hydrogen-bond donors (Lipinski definition) is 1. The summed E-state index contributed by atoms with van der Waals surface area (Å²) in [7, 11) is -3.55. The van der Waals surface area contributed by atoms with Gasteiger partial charge < -0.3 is 0 Å². The van der Waals surface area contributed by atoms with Gasteiger partial charge in [-0.1, -0.05) is 24.3 Å². The molecule has 1 aliphatic carbocycles. The Kier molecular flexibility index (Phi) is 4.83. The van der Waals surface area contributed by atoms with Crippen LogP contribution in [-0.4, -0.2) is 18.7 Å². The van der Waals surface area contributed by atoms with Crippen LogP contribution in [-0.2, 0) is 29.0 Å². The van der Waals surface area contributed by atoms with Crippen LogP contribution in [0.4, 0.5) is 13.2 Å². The standard InChI is InChI=1S/C18H19F3N2O2S/c1-11(26(22,24)25)6-12-7-13-2-3-14(9-16(13)8-12)15-4-5-17(23-10-15)18(19,20)21/h2-5,9-12H,6-8H2,1H3,(H2,22,24,25)/t11?,12-/m0/s1. The summed E-state index contributed by atoms with van der Waals surface area (Å²) in [6, 6.07) is 8.13. The van der Waals surface area contributed by atoms with E-state index in [4.69, 9.17) is 5.14 Å². The summed E-state index contributed by atoms with van der Waals surface area (Å²) in [6.45, 7) is 1.61. The molecule has 0 radical (unpaired) electrons. The Morgan fingerprint density at radius 2 is 1.81 bits per heavy atom. The van der Waals surface area contributed by atoms with Gasteiger partial charge >= 0.3 is 6.18 Å². The van der Waals surface area contributed by atoms with Gasteiger partial charge in [-0.25, -0.2) is 13.6 Å². The predicted molar refractivity (Wildman–Crippen MR) is 92.8 cm³/mol. The van der Waals surface area contributed by atoms with Crippen LogP contribution in [0.2, 0.25) is 0 Å². The van der Waals surface area contributed by atoms with Crippen molar-refractivity contribution in [2.24, 2.45) is 11.1 Å². The molecule has 26 heavy (non-hydrogen) atoms. The monoisotopic (exact) mass is 384 g/mol. The fraction of sp³-hybridized carbons (Fsp3) is 0.389. The number of sulfonamides is 1. The highest BCUT2D eigenvalue weighted by Crippen LogP contribution is 2.34. The minimum atomic E-state index is -4.45. The van der Waals surface area contributed by atoms with Crippen molar-refractivity contribution < 1.29 is 21.6 Å². The van der Waals surface area contributed by atoms with Gasteiger partial charge in [0.05, 0.1) is 5.25 Å². The van der Waals surface area contributed by atoms with Crippen LogP contribution < -0.4 is 5.14 Å². The molecule has 0 amide bonds. The van der Waals surface area contributed by atoms with E-state index in [0.29, 0.717) is 12.0 Å². The number of pyridine rings is 1. The zero-order valence-corrected chi connectivity index (χ0v) is 14.9. The molecule has 3 rings (SSSR count). The highest BCUT2D eigenvalue weighted by atomic mass is 32.2. The summed E-state index contributed by atoms with van der Waals surface area (Å²) in [5, 5.41) is 4.59. The van der Waals surface area contributed by atoms with Gasteiger partial charge in [-0.2, -0.15) is 13.2 Å². The third-order valence-electron chi connectivity index (χ3n) is 4.84. The summed E-state index contributed by atoms with van der Waals surface area (Å²) < 4.78 is 60.7. The molecule has 140 valence electrons. The lowest BCUT2D eigenvalue weighted by molar-refractivity contribution is -0.141. The fourth-order valence-electron chi connectivity index (χ4n) is 3.39. The van der Waals surface area contributed by atoms with Gasteiger partial charge in [0.1, 0.15) is 5.69 Å². The van der Waals surface area contributed by atoms with E-state index >= 15 is 0 Å². The molecule has 0 spiro atoms. The molecule has 0 bridgehead atoms. The molecule has 1 aromatic heterocycles. The summed E-state index contributed by atoms with van der Waals surface area (Å²) in [4.78, 5) is 3.50. The first kappa shape index (κ1) is 18.8. The number of nitrogens with zero attached hydrogens (tertiary/aromatic N) is 1. The molecule has 1 aliphatic rings. The van der Waals surface area contributed by atoms with E-state index in [1.54, 1.807) is 6.92 Å². The minimum absolute atomic E-state index is 0.194. The van der Waals surface area contributed by atoms with E-state index in [1.165, 1.54) is 12.3 Å². The Labute approximate surface area is 150 Å². The van der Waals surface area contributed by atoms with Crippen LogP contribution in [0.25, 0.3) is 11.1 Å². The SMILES string of the molecule is CC(C[C@H]1Cc2ccc(-c3ccc(C(F)(F)F)nc3)cc2C1)S(N)(=O)=O. The van der Waals surface area contributed by atoms with Gasteiger partial charge in [-0.15, -0.1) is 0 Å². The van der Waals surface area contributed by atoms with Gasteiger partial charge in [0.25, 0.3) is 0 Å². The molecule has 2 aromatic rings. The van der Waals surface area contributed by atoms with E-state index in [2.05, 4.69) is 4.98 Å². The zero-order valence-electron chi connectivity index (χ0n) is 14.1. The number of nitrogens with two attached hydrogens (primary N) is 1. The molecule has 1 aromatic carbocycles. The first-order valence-corrected chi connectivity index (χ1v) is 9.82. The van der Waals surface area contributed by atoms with Crippen LogP contribution in [0.15, 0.2) is 36.5 Å². The van der Waals surface area contributed by atoms with Crippen molar-refractivity contribution >= 4 is 10.0 Å². The molecule has 1 unspecified atom stereocenters. The normalized spacial score (nSPS) is 18.6. The number of benzene rings is 1. The van der Waals surface area contributed by atoms with Crippen molar-refractivity contribution in [3.63, 3.8) is 0 Å². The third-order valence-corrected chi connectivity index (χ3v) is 6.15. The van der Waals surface area contributed by atoms with Crippen molar-refractivity contribution in [2.75, 3.05) is 0 Å². The zero-order chi connectivity index (χ0) is 19.1. The molecule has 8 heteroatoms. The second kappa shape index (κ2) is 6.66. The van der Waals surface area contributed by atoms with Crippen molar-refractivity contribution in [1.82, 2.24) is 4.98 Å². The maximum absolute atomic E-state index is 12.6. The molecule has 2 atom stereocenters. The number of aromatic nitrogens is 1. The second-order valence-electron chi connectivity index (χ2n) is 6.82. The number of fused-ring (bicyclic) bond motifs is 1. The van der Waals surface area contributed by atoms with Gasteiger partial charge in [0, 0.05) is 11.8 Å². The molecular formula is C18H19F3N2O2S. The molecule has 0 saturated carbocycles. The van der Waals surface area contributed by atoms with Crippen molar-refractivity contribution in [3.8, 4) is 11.1 Å². The number of rotatable bonds is 4. The third kappa shape index (κ3) is 4.07. The second-order valence-corrected chi connectivity index (χ2v) is 8.81. The summed E-state index contributed by atoms with van der Waals surface area (Å²) >= 11 is 0. The summed E-state index contributed by atoms with van der Waals surface area (Å²) in [6.07, 6.45) is -1.23. The van der Waals surface area contributed by atoms with Crippen LogP contribution in [0, 0.1) is 5.92 Å². The highest BCUT2D eigenvalue weighted by molar-refractivity contribution is 7.89. The lowest BCUT2D eigenvalue weighted by Crippen LogP contribution is -2.28. The van der Waals surface area contributed by atoms with E-state index in [-0.39, 0.29) is 5.92 Å². The molecule has 4 nitrogen and oxygen atoms in total. The average molecular weight is 384 g/mol. The predicted octanol–water partition coefficient (Wildman–Crippen LogP) is 3.55. The number of hydrogen-bond acceptors (Lipinski definition) is 3. The Balaban J connectivity index is 1.77. The van der Waals surface area contributed by atoms with Gasteiger partial charge in [0.2, 0.25) is 10.0 Å². The molecule has 2 N–H and O–H groups in total. The molecule has 0 fully saturated rings. The molecule has 1 heterocycles. The Morgan fingerprint density at radius 1 is 1.15 bits per heavy atom. The average Bonchev–Trinajstić information content (AvgIpc) is 2.94. The number of halogens is 3. The van der Waals surface area contributed by atoms with Crippen LogP contribution in [0.5, 0.6) is 0 Å². The van der Waals surface area contributed by atoms with Crippen molar-refractivity contribution in [1.29, 1.82) is 0 Å². The van der Waals surface area contributed by atoms with E-state index < -0.39 is 27.1 Å². The van der Waals surface area contributed by atoms with Crippen molar-refractivity contribution in [3.05, 3.63) is 53.3 Å². The van der Waals surface area contributed by atoms with E-state index in [9.17, 15) is 21.6 Å². The van der Waals surface area contributed by atoms with Crippen molar-refractivity contribution in [2.45, 2.75) is 37.6 Å². The lowest BCUT2D eigenvalue weighted by atomic mass is 10.0. The summed E-state index contributed by atoms with van der Waals surface area (Å²) in [5.74, 6) is 0.194. The Bertz CT molecular complexity index is 909. The first-order valence-electron chi connectivity index (χ1n) is 8.21. The van der Waals surface area contributed by atoms with E-state index in [0.717, 1.165) is 35.6 Å². The first-order chi connectivity index (χ1) is 12.0. The molecule has 0 aliphatic heterocycles. The largest absolute Gasteiger partial charge is 0.433 e. The smallest absolute Gasteiger partial charge is 0.251 e. The van der Waals surface area contributed by atoms with Crippen LogP contribution >= 0.6 is 0 Å².